The first-order chi connectivity index (χ1) is 12.9. The molecule has 2 unspecified atom stereocenters. The Morgan fingerprint density at radius 3 is 2.56 bits per heavy atom. The molecule has 0 spiro atoms. The molecule has 0 bridgehead atoms. The van der Waals surface area contributed by atoms with Crippen LogP contribution in [0, 0.1) is 0 Å². The van der Waals surface area contributed by atoms with E-state index in [0.29, 0.717) is 11.8 Å². The van der Waals surface area contributed by atoms with Crippen molar-refractivity contribution in [1.29, 1.82) is 0 Å². The summed E-state index contributed by atoms with van der Waals surface area (Å²) in [6, 6.07) is 8.41. The van der Waals surface area contributed by atoms with Crippen LogP contribution in [-0.2, 0) is 20.9 Å². The van der Waals surface area contributed by atoms with E-state index in [1.807, 2.05) is 30.3 Å². The molecule has 2 aliphatic rings. The van der Waals surface area contributed by atoms with Gasteiger partial charge in [0.25, 0.3) is 5.91 Å². The number of esters is 1. The van der Waals surface area contributed by atoms with Crippen LogP contribution in [0.3, 0.4) is 0 Å². The van der Waals surface area contributed by atoms with Gasteiger partial charge in [0, 0.05) is 14.1 Å². The van der Waals surface area contributed by atoms with E-state index in [0.717, 1.165) is 5.56 Å². The Morgan fingerprint density at radius 1 is 1.19 bits per heavy atom. The SMILES string of the molecule is CCOC(=O)CSC1=NC2C(C(=O)N(Cc3ccccc3)C(=O)N2C)N1C. The maximum Gasteiger partial charge on any atom is 0.328 e. The highest BCUT2D eigenvalue weighted by molar-refractivity contribution is 8.14. The van der Waals surface area contributed by atoms with Crippen LogP contribution in [0.4, 0.5) is 4.79 Å². The molecule has 3 rings (SSSR count). The van der Waals surface area contributed by atoms with E-state index in [4.69, 9.17) is 4.74 Å². The van der Waals surface area contributed by atoms with Crippen LogP contribution in [0.5, 0.6) is 0 Å². The molecule has 0 radical (unpaired) electrons. The Morgan fingerprint density at radius 2 is 1.89 bits per heavy atom. The van der Waals surface area contributed by atoms with Crippen molar-refractivity contribution in [3.05, 3.63) is 35.9 Å². The molecule has 1 fully saturated rings. The Balaban J connectivity index is 1.75. The predicted octanol–water partition coefficient (Wildman–Crippen LogP) is 1.37. The van der Waals surface area contributed by atoms with Gasteiger partial charge in [0.05, 0.1) is 18.9 Å². The number of imide groups is 1. The number of carbonyl (C=O) groups excluding carboxylic acids is 3. The zero-order valence-electron chi connectivity index (χ0n) is 15.5. The van der Waals surface area contributed by atoms with Gasteiger partial charge in [-0.2, -0.15) is 0 Å². The Kier molecular flexibility index (Phi) is 5.69. The maximum absolute atomic E-state index is 13.0. The number of likely N-dealkylation sites (N-methyl/N-ethyl adjacent to an activating group) is 2. The number of amidine groups is 1. The number of amides is 3. The summed E-state index contributed by atoms with van der Waals surface area (Å²) in [7, 11) is 3.39. The lowest BCUT2D eigenvalue weighted by atomic mass is 10.1. The fourth-order valence-corrected chi connectivity index (χ4v) is 3.95. The lowest BCUT2D eigenvalue weighted by Crippen LogP contribution is -2.64. The third kappa shape index (κ3) is 3.78. The Hall–Kier alpha value is -2.55. The van der Waals surface area contributed by atoms with Crippen LogP contribution >= 0.6 is 11.8 Å². The summed E-state index contributed by atoms with van der Waals surface area (Å²) in [5.74, 6) is -0.518. The number of urea groups is 1. The molecule has 2 atom stereocenters. The summed E-state index contributed by atoms with van der Waals surface area (Å²) < 4.78 is 4.93. The van der Waals surface area contributed by atoms with E-state index >= 15 is 0 Å². The van der Waals surface area contributed by atoms with E-state index < -0.39 is 12.2 Å². The number of rotatable bonds is 5. The standard InChI is InChI=1S/C18H22N4O4S/c1-4-26-13(23)11-27-17-19-15-14(20(17)2)16(24)22(18(25)21(15)3)10-12-8-6-5-7-9-12/h5-9,14-15H,4,10-11H2,1-3H3. The summed E-state index contributed by atoms with van der Waals surface area (Å²) in [5, 5.41) is 0.549. The van der Waals surface area contributed by atoms with E-state index in [1.165, 1.54) is 21.6 Å². The highest BCUT2D eigenvalue weighted by Gasteiger charge is 2.51. The third-order valence-corrected chi connectivity index (χ3v) is 5.53. The monoisotopic (exact) mass is 390 g/mol. The average molecular weight is 390 g/mol. The number of carbonyl (C=O) groups is 3. The second-order valence-electron chi connectivity index (χ2n) is 6.28. The largest absolute Gasteiger partial charge is 0.465 e. The minimum absolute atomic E-state index is 0.107. The van der Waals surface area contributed by atoms with Gasteiger partial charge in [-0.3, -0.25) is 14.5 Å². The van der Waals surface area contributed by atoms with Crippen molar-refractivity contribution < 1.29 is 19.1 Å². The maximum atomic E-state index is 13.0. The van der Waals surface area contributed by atoms with Gasteiger partial charge >= 0.3 is 12.0 Å². The van der Waals surface area contributed by atoms with Gasteiger partial charge in [0.15, 0.2) is 17.4 Å². The van der Waals surface area contributed by atoms with Crippen molar-refractivity contribution >= 4 is 34.8 Å². The Bertz CT molecular complexity index is 770. The number of thioether (sulfide) groups is 1. The normalized spacial score (nSPS) is 22.0. The smallest absolute Gasteiger partial charge is 0.328 e. The van der Waals surface area contributed by atoms with Crippen molar-refractivity contribution in [2.24, 2.45) is 4.99 Å². The number of benzene rings is 1. The first-order valence-electron chi connectivity index (χ1n) is 8.65. The quantitative estimate of drug-likeness (QED) is 0.707. The second kappa shape index (κ2) is 7.99. The molecule has 0 aromatic heterocycles. The van der Waals surface area contributed by atoms with E-state index in [2.05, 4.69) is 4.99 Å². The molecule has 3 amide bonds. The minimum Gasteiger partial charge on any atom is -0.465 e. The number of ether oxygens (including phenoxy) is 1. The molecule has 1 aromatic rings. The minimum atomic E-state index is -0.596. The topological polar surface area (TPSA) is 82.5 Å². The summed E-state index contributed by atoms with van der Waals surface area (Å²) in [6.45, 7) is 2.28. The molecular weight excluding hydrogens is 368 g/mol. The highest BCUT2D eigenvalue weighted by atomic mass is 32.2. The van der Waals surface area contributed by atoms with Crippen molar-refractivity contribution in [1.82, 2.24) is 14.7 Å². The van der Waals surface area contributed by atoms with Gasteiger partial charge in [-0.05, 0) is 12.5 Å². The molecule has 0 N–H and O–H groups in total. The molecular formula is C18H22N4O4S. The van der Waals surface area contributed by atoms with Crippen molar-refractivity contribution in [2.75, 3.05) is 26.5 Å². The molecule has 144 valence electrons. The number of hydrogen-bond donors (Lipinski definition) is 0. The van der Waals surface area contributed by atoms with Gasteiger partial charge in [-0.15, -0.1) is 0 Å². The first-order valence-corrected chi connectivity index (χ1v) is 9.63. The van der Waals surface area contributed by atoms with Gasteiger partial charge in [0.1, 0.15) is 0 Å². The van der Waals surface area contributed by atoms with Gasteiger partial charge in [-0.1, -0.05) is 42.1 Å². The number of nitrogens with zero attached hydrogens (tertiary/aromatic N) is 4. The molecule has 0 saturated carbocycles. The van der Waals surface area contributed by atoms with E-state index in [-0.39, 0.29) is 30.2 Å². The Labute approximate surface area is 162 Å². The average Bonchev–Trinajstić information content (AvgIpc) is 2.99. The molecule has 8 nitrogen and oxygen atoms in total. The predicted molar refractivity (Wildman–Crippen MR) is 102 cm³/mol. The molecule has 27 heavy (non-hydrogen) atoms. The molecule has 2 heterocycles. The fourth-order valence-electron chi connectivity index (χ4n) is 3.12. The summed E-state index contributed by atoms with van der Waals surface area (Å²) in [4.78, 5) is 46.3. The van der Waals surface area contributed by atoms with E-state index in [1.54, 1.807) is 25.9 Å². The molecule has 9 heteroatoms. The van der Waals surface area contributed by atoms with Crippen LogP contribution in [0.25, 0.3) is 0 Å². The van der Waals surface area contributed by atoms with Crippen LogP contribution in [0.2, 0.25) is 0 Å². The van der Waals surface area contributed by atoms with Gasteiger partial charge < -0.3 is 14.5 Å². The van der Waals surface area contributed by atoms with Crippen LogP contribution < -0.4 is 0 Å². The number of aliphatic imine (C=N–C) groups is 1. The van der Waals surface area contributed by atoms with Gasteiger partial charge in [0.2, 0.25) is 0 Å². The summed E-state index contributed by atoms with van der Waals surface area (Å²) in [6.07, 6.45) is -0.591. The molecule has 0 aliphatic carbocycles. The fraction of sp³-hybridized carbons (Fsp3) is 0.444. The number of hydrogen-bond acceptors (Lipinski definition) is 7. The van der Waals surface area contributed by atoms with E-state index in [9.17, 15) is 14.4 Å². The third-order valence-electron chi connectivity index (χ3n) is 4.50. The lowest BCUT2D eigenvalue weighted by molar-refractivity contribution is -0.140. The highest BCUT2D eigenvalue weighted by Crippen LogP contribution is 2.30. The van der Waals surface area contributed by atoms with Gasteiger partial charge in [-0.25, -0.2) is 9.79 Å². The van der Waals surface area contributed by atoms with Crippen LogP contribution in [0.1, 0.15) is 12.5 Å². The molecule has 1 saturated heterocycles. The van der Waals surface area contributed by atoms with Crippen molar-refractivity contribution in [3.8, 4) is 0 Å². The first kappa shape index (κ1) is 19.2. The van der Waals surface area contributed by atoms with Crippen molar-refractivity contribution in [3.63, 3.8) is 0 Å². The lowest BCUT2D eigenvalue weighted by Gasteiger charge is -2.40. The number of fused-ring (bicyclic) bond motifs is 1. The summed E-state index contributed by atoms with van der Waals surface area (Å²) in [5.41, 5.74) is 0.879. The molecule has 1 aromatic carbocycles. The zero-order chi connectivity index (χ0) is 19.6. The van der Waals surface area contributed by atoms with Crippen LogP contribution in [0.15, 0.2) is 35.3 Å². The van der Waals surface area contributed by atoms with Crippen LogP contribution in [-0.4, -0.2) is 76.4 Å². The molecule has 2 aliphatic heterocycles. The summed E-state index contributed by atoms with van der Waals surface area (Å²) >= 11 is 1.21. The van der Waals surface area contributed by atoms with Crippen molar-refractivity contribution in [2.45, 2.75) is 25.7 Å². The zero-order valence-corrected chi connectivity index (χ0v) is 16.3. The second-order valence-corrected chi connectivity index (χ2v) is 7.22.